The average Bonchev–Trinajstić information content (AvgIpc) is 3.35. The minimum absolute atomic E-state index is 0.0395. The van der Waals surface area contributed by atoms with Crippen LogP contribution in [0.25, 0.3) is 0 Å². The zero-order valence-corrected chi connectivity index (χ0v) is 23.1. The SMILES string of the molecule is C=C1/C(=C\C=C2/CCC[C@]3(C)[C@@H]([C@H](C)C[C@@H]4OC(=O)C(=C)[C@@H]4CC)CC[C@@H]23)C[C@@H](O)[C@H](CCCO)[C@@H]1O. The summed E-state index contributed by atoms with van der Waals surface area (Å²) < 4.78 is 5.74. The second-order valence-corrected chi connectivity index (χ2v) is 12.5. The van der Waals surface area contributed by atoms with Crippen molar-refractivity contribution in [3.63, 3.8) is 0 Å². The summed E-state index contributed by atoms with van der Waals surface area (Å²) in [4.78, 5) is 12.1. The number of cyclic esters (lactones) is 1. The number of hydrogen-bond acceptors (Lipinski definition) is 5. The van der Waals surface area contributed by atoms with Crippen molar-refractivity contribution in [1.29, 1.82) is 0 Å². The number of allylic oxidation sites excluding steroid dienone is 3. The standard InChI is InChI=1S/C32H48O5/c1-6-24-21(4)31(36)37-29(24)17-19(2)26-13-14-27-22(9-7-15-32(26,27)5)11-12-23-18-28(34)25(10-8-16-33)30(35)20(23)3/h11-12,19,24-30,33-35H,3-4,6-10,13-18H2,1-2,5H3/b22-11+,23-12-/t19-,24+,25+,26-,27+,28-,29+,30-,32-/m1/s1. The highest BCUT2D eigenvalue weighted by atomic mass is 16.6. The average molecular weight is 513 g/mol. The molecule has 3 N–H and O–H groups in total. The van der Waals surface area contributed by atoms with E-state index in [0.29, 0.717) is 48.2 Å². The molecule has 3 aliphatic carbocycles. The summed E-state index contributed by atoms with van der Waals surface area (Å²) in [6, 6.07) is 0. The minimum Gasteiger partial charge on any atom is -0.458 e. The quantitative estimate of drug-likeness (QED) is 0.289. The molecule has 0 spiro atoms. The number of fused-ring (bicyclic) bond motifs is 1. The Morgan fingerprint density at radius 1 is 1.19 bits per heavy atom. The lowest BCUT2D eigenvalue weighted by Gasteiger charge is -2.45. The molecule has 4 rings (SSSR count). The number of aliphatic hydroxyl groups is 3. The van der Waals surface area contributed by atoms with E-state index in [1.54, 1.807) is 0 Å². The maximum atomic E-state index is 12.1. The smallest absolute Gasteiger partial charge is 0.334 e. The van der Waals surface area contributed by atoms with E-state index >= 15 is 0 Å². The van der Waals surface area contributed by atoms with E-state index in [-0.39, 0.29) is 35.9 Å². The van der Waals surface area contributed by atoms with Crippen LogP contribution < -0.4 is 0 Å². The van der Waals surface area contributed by atoms with Gasteiger partial charge in [-0.05, 0) is 98.5 Å². The van der Waals surface area contributed by atoms with Gasteiger partial charge in [0, 0.05) is 24.0 Å². The van der Waals surface area contributed by atoms with E-state index < -0.39 is 12.2 Å². The van der Waals surface area contributed by atoms with Gasteiger partial charge in [0.1, 0.15) is 6.10 Å². The Kier molecular flexibility index (Phi) is 8.87. The number of hydrogen-bond donors (Lipinski definition) is 3. The largest absolute Gasteiger partial charge is 0.458 e. The number of carbonyl (C=O) groups is 1. The number of esters is 1. The summed E-state index contributed by atoms with van der Waals surface area (Å²) in [5.41, 5.74) is 4.02. The first-order chi connectivity index (χ1) is 17.6. The molecule has 3 saturated carbocycles. The van der Waals surface area contributed by atoms with Crippen LogP contribution in [0.15, 0.2) is 47.6 Å². The van der Waals surface area contributed by atoms with E-state index in [0.717, 1.165) is 24.8 Å². The van der Waals surface area contributed by atoms with Gasteiger partial charge >= 0.3 is 5.97 Å². The Morgan fingerprint density at radius 3 is 2.65 bits per heavy atom. The topological polar surface area (TPSA) is 87.0 Å². The lowest BCUT2D eigenvalue weighted by Crippen LogP contribution is -2.38. The highest BCUT2D eigenvalue weighted by Gasteiger charge is 2.51. The van der Waals surface area contributed by atoms with Crippen LogP contribution in [0.1, 0.15) is 85.0 Å². The second kappa shape index (κ2) is 11.6. The normalized spacial score (nSPS) is 41.4. The molecular formula is C32H48O5. The molecule has 0 radical (unpaired) electrons. The van der Waals surface area contributed by atoms with Crippen LogP contribution in [0.2, 0.25) is 0 Å². The van der Waals surface area contributed by atoms with E-state index in [1.165, 1.54) is 31.3 Å². The molecule has 0 aromatic rings. The lowest BCUT2D eigenvalue weighted by atomic mass is 9.60. The summed E-state index contributed by atoms with van der Waals surface area (Å²) in [6.45, 7) is 15.1. The first kappa shape index (κ1) is 28.3. The van der Waals surface area contributed by atoms with Crippen molar-refractivity contribution in [2.45, 2.75) is 103 Å². The number of aliphatic hydroxyl groups excluding tert-OH is 3. The van der Waals surface area contributed by atoms with Gasteiger partial charge in [-0.25, -0.2) is 4.79 Å². The highest BCUT2D eigenvalue weighted by Crippen LogP contribution is 2.60. The molecule has 1 aliphatic heterocycles. The monoisotopic (exact) mass is 512 g/mol. The van der Waals surface area contributed by atoms with Gasteiger partial charge in [-0.15, -0.1) is 0 Å². The molecule has 5 nitrogen and oxygen atoms in total. The van der Waals surface area contributed by atoms with Crippen molar-refractivity contribution in [2.24, 2.45) is 35.0 Å². The van der Waals surface area contributed by atoms with Crippen LogP contribution in [0, 0.1) is 35.0 Å². The van der Waals surface area contributed by atoms with Gasteiger partial charge in [-0.3, -0.25) is 0 Å². The maximum Gasteiger partial charge on any atom is 0.334 e. The molecule has 4 aliphatic rings. The first-order valence-electron chi connectivity index (χ1n) is 14.6. The van der Waals surface area contributed by atoms with Crippen molar-refractivity contribution in [3.05, 3.63) is 47.6 Å². The van der Waals surface area contributed by atoms with Gasteiger partial charge in [0.15, 0.2) is 0 Å². The van der Waals surface area contributed by atoms with Gasteiger partial charge in [0.05, 0.1) is 12.2 Å². The Balaban J connectivity index is 1.46. The van der Waals surface area contributed by atoms with E-state index in [1.807, 2.05) is 0 Å². The van der Waals surface area contributed by atoms with E-state index in [4.69, 9.17) is 9.84 Å². The van der Waals surface area contributed by atoms with Gasteiger partial charge in [0.25, 0.3) is 0 Å². The summed E-state index contributed by atoms with van der Waals surface area (Å²) in [5.74, 6) is 1.28. The highest BCUT2D eigenvalue weighted by molar-refractivity contribution is 5.90. The summed E-state index contributed by atoms with van der Waals surface area (Å²) >= 11 is 0. The third-order valence-corrected chi connectivity index (χ3v) is 10.5. The van der Waals surface area contributed by atoms with Crippen molar-refractivity contribution < 1.29 is 24.9 Å². The van der Waals surface area contributed by atoms with Gasteiger partial charge in [-0.2, -0.15) is 0 Å². The fourth-order valence-corrected chi connectivity index (χ4v) is 8.36. The molecule has 0 unspecified atom stereocenters. The van der Waals surface area contributed by atoms with Crippen molar-refractivity contribution in [1.82, 2.24) is 0 Å². The molecule has 1 saturated heterocycles. The first-order valence-corrected chi connectivity index (χ1v) is 14.6. The minimum atomic E-state index is -0.763. The second-order valence-electron chi connectivity index (χ2n) is 12.5. The predicted molar refractivity (Wildman–Crippen MR) is 147 cm³/mol. The number of ether oxygens (including phenoxy) is 1. The van der Waals surface area contributed by atoms with Crippen LogP contribution in [0.3, 0.4) is 0 Å². The Hall–Kier alpha value is -1.69. The molecule has 0 bridgehead atoms. The molecule has 0 aromatic heterocycles. The number of rotatable bonds is 8. The molecule has 1 heterocycles. The maximum absolute atomic E-state index is 12.1. The molecule has 9 atom stereocenters. The molecule has 5 heteroatoms. The number of carbonyl (C=O) groups excluding carboxylic acids is 1. The fraction of sp³-hybridized carbons (Fsp3) is 0.719. The van der Waals surface area contributed by atoms with Gasteiger partial charge in [0.2, 0.25) is 0 Å². The van der Waals surface area contributed by atoms with Crippen LogP contribution in [0.4, 0.5) is 0 Å². The van der Waals surface area contributed by atoms with Crippen molar-refractivity contribution in [2.75, 3.05) is 6.61 Å². The van der Waals surface area contributed by atoms with Crippen molar-refractivity contribution >= 4 is 5.97 Å². The third-order valence-electron chi connectivity index (χ3n) is 10.5. The Bertz CT molecular complexity index is 947. The third kappa shape index (κ3) is 5.42. The summed E-state index contributed by atoms with van der Waals surface area (Å²) in [5, 5.41) is 30.6. The van der Waals surface area contributed by atoms with E-state index in [9.17, 15) is 15.0 Å². The Morgan fingerprint density at radius 2 is 1.95 bits per heavy atom. The molecule has 0 amide bonds. The lowest BCUT2D eigenvalue weighted by molar-refractivity contribution is -0.140. The van der Waals surface area contributed by atoms with Crippen molar-refractivity contribution in [3.8, 4) is 0 Å². The van der Waals surface area contributed by atoms with Crippen LogP contribution in [-0.4, -0.2) is 46.2 Å². The van der Waals surface area contributed by atoms with E-state index in [2.05, 4.69) is 46.1 Å². The van der Waals surface area contributed by atoms with Crippen LogP contribution in [0.5, 0.6) is 0 Å². The molecule has 37 heavy (non-hydrogen) atoms. The summed E-state index contributed by atoms with van der Waals surface area (Å²) in [6.07, 6.45) is 12.3. The van der Waals surface area contributed by atoms with Gasteiger partial charge in [-0.1, -0.05) is 51.7 Å². The molecule has 0 aromatic carbocycles. The van der Waals surface area contributed by atoms with Gasteiger partial charge < -0.3 is 20.1 Å². The molecule has 4 fully saturated rings. The zero-order valence-electron chi connectivity index (χ0n) is 23.1. The van der Waals surface area contributed by atoms with Crippen LogP contribution >= 0.6 is 0 Å². The molecular weight excluding hydrogens is 464 g/mol. The predicted octanol–water partition coefficient (Wildman–Crippen LogP) is 5.66. The Labute approximate surface area is 223 Å². The summed E-state index contributed by atoms with van der Waals surface area (Å²) in [7, 11) is 0. The zero-order chi connectivity index (χ0) is 26.9. The van der Waals surface area contributed by atoms with Crippen LogP contribution in [-0.2, 0) is 9.53 Å². The molecule has 206 valence electrons. The fourth-order valence-electron chi connectivity index (χ4n) is 8.36.